The summed E-state index contributed by atoms with van der Waals surface area (Å²) >= 11 is 0. The molecule has 0 aromatic heterocycles. The lowest BCUT2D eigenvalue weighted by Gasteiger charge is -2.35. The maximum absolute atomic E-state index is 10.9. The highest BCUT2D eigenvalue weighted by molar-refractivity contribution is 5.79. The Kier molecular flexibility index (Phi) is 5.52. The van der Waals surface area contributed by atoms with Crippen LogP contribution in [0, 0.1) is 0 Å². The van der Waals surface area contributed by atoms with Crippen LogP contribution in [-0.2, 0) is 14.3 Å². The highest BCUT2D eigenvalue weighted by Crippen LogP contribution is 2.15. The minimum absolute atomic E-state index is 0.157. The van der Waals surface area contributed by atoms with Gasteiger partial charge in [-0.05, 0) is 6.92 Å². The summed E-state index contributed by atoms with van der Waals surface area (Å²) < 4.78 is 4.71. The molecule has 0 unspecified atom stereocenters. The Bertz CT molecular complexity index is 256. The third-order valence-corrected chi connectivity index (χ3v) is 2.14. The monoisotopic (exact) mass is 235 g/mol. The van der Waals surface area contributed by atoms with Crippen LogP contribution in [0.4, 0.5) is 0 Å². The lowest BCUT2D eigenvalue weighted by Crippen LogP contribution is -2.64. The average Bonchev–Trinajstić information content (AvgIpc) is 2.23. The van der Waals surface area contributed by atoms with Crippen LogP contribution in [0.5, 0.6) is 0 Å². The van der Waals surface area contributed by atoms with Crippen LogP contribution in [0.2, 0.25) is 0 Å². The van der Waals surface area contributed by atoms with Crippen LogP contribution in [0.3, 0.4) is 0 Å². The Labute approximate surface area is 93.0 Å². The fourth-order valence-corrected chi connectivity index (χ4v) is 1.19. The lowest BCUT2D eigenvalue weighted by atomic mass is 9.99. The van der Waals surface area contributed by atoms with Gasteiger partial charge >= 0.3 is 0 Å². The molecule has 0 aliphatic rings. The number of hydrogen-bond acceptors (Lipinski definition) is 6. The molecule has 0 heterocycles. The van der Waals surface area contributed by atoms with E-state index in [4.69, 9.17) is 9.84 Å². The zero-order chi connectivity index (χ0) is 12.9. The van der Waals surface area contributed by atoms with E-state index in [0.29, 0.717) is 0 Å². The fourth-order valence-electron chi connectivity index (χ4n) is 1.19. The van der Waals surface area contributed by atoms with Crippen molar-refractivity contribution in [2.75, 3.05) is 7.11 Å². The van der Waals surface area contributed by atoms with Crippen molar-refractivity contribution in [2.24, 2.45) is 0 Å². The van der Waals surface area contributed by atoms with Gasteiger partial charge in [0.05, 0.1) is 6.10 Å². The van der Waals surface area contributed by atoms with Gasteiger partial charge < -0.3 is 25.4 Å². The Morgan fingerprint density at radius 2 is 1.94 bits per heavy atom. The van der Waals surface area contributed by atoms with Gasteiger partial charge in [0, 0.05) is 14.0 Å². The molecule has 94 valence electrons. The third kappa shape index (κ3) is 3.24. The molecule has 0 spiro atoms. The number of ether oxygens (including phenoxy) is 1. The molecule has 0 saturated carbocycles. The van der Waals surface area contributed by atoms with E-state index in [1.807, 2.05) is 0 Å². The molecule has 7 nitrogen and oxygen atoms in total. The van der Waals surface area contributed by atoms with E-state index in [-0.39, 0.29) is 6.29 Å². The summed E-state index contributed by atoms with van der Waals surface area (Å²) in [5.41, 5.74) is -2.07. The molecule has 0 rings (SSSR count). The molecule has 7 heteroatoms. The van der Waals surface area contributed by atoms with Crippen LogP contribution in [0.15, 0.2) is 0 Å². The SMILES string of the molecule is CO[C@](C=O)(NC(C)=O)[C@@H](O)[C@H](O)[C@@H](C)O. The predicted molar refractivity (Wildman–Crippen MR) is 53.3 cm³/mol. The summed E-state index contributed by atoms with van der Waals surface area (Å²) in [6.45, 7) is 2.35. The molecule has 4 atom stereocenters. The van der Waals surface area contributed by atoms with E-state index in [2.05, 4.69) is 5.32 Å². The Morgan fingerprint density at radius 3 is 2.19 bits per heavy atom. The first-order valence-corrected chi connectivity index (χ1v) is 4.65. The molecule has 0 aliphatic heterocycles. The number of aliphatic hydroxyl groups excluding tert-OH is 3. The molecule has 4 N–H and O–H groups in total. The molecular weight excluding hydrogens is 218 g/mol. The predicted octanol–water partition coefficient (Wildman–Crippen LogP) is -2.23. The highest BCUT2D eigenvalue weighted by Gasteiger charge is 2.44. The Hall–Kier alpha value is -1.02. The van der Waals surface area contributed by atoms with E-state index < -0.39 is 29.9 Å². The summed E-state index contributed by atoms with van der Waals surface area (Å²) in [6, 6.07) is 0. The van der Waals surface area contributed by atoms with Gasteiger partial charge in [-0.3, -0.25) is 9.59 Å². The second kappa shape index (κ2) is 5.90. The summed E-state index contributed by atoms with van der Waals surface area (Å²) in [6.07, 6.45) is -4.53. The topological polar surface area (TPSA) is 116 Å². The van der Waals surface area contributed by atoms with Crippen molar-refractivity contribution >= 4 is 12.2 Å². The smallest absolute Gasteiger partial charge is 0.226 e. The molecule has 0 aromatic carbocycles. The number of aliphatic hydroxyl groups is 3. The quantitative estimate of drug-likeness (QED) is 0.306. The average molecular weight is 235 g/mol. The number of carbonyl (C=O) groups excluding carboxylic acids is 2. The summed E-state index contributed by atoms with van der Waals surface area (Å²) in [7, 11) is 1.09. The number of carbonyl (C=O) groups is 2. The first-order valence-electron chi connectivity index (χ1n) is 4.65. The van der Waals surface area contributed by atoms with E-state index >= 15 is 0 Å². The van der Waals surface area contributed by atoms with Gasteiger partial charge in [-0.25, -0.2) is 0 Å². The van der Waals surface area contributed by atoms with Crippen molar-refractivity contribution < 1.29 is 29.6 Å². The first-order chi connectivity index (χ1) is 7.30. The van der Waals surface area contributed by atoms with Crippen molar-refractivity contribution in [3.05, 3.63) is 0 Å². The minimum Gasteiger partial charge on any atom is -0.391 e. The normalized spacial score (nSPS) is 20.4. The van der Waals surface area contributed by atoms with Crippen LogP contribution < -0.4 is 5.32 Å². The van der Waals surface area contributed by atoms with Crippen molar-refractivity contribution in [1.82, 2.24) is 5.32 Å². The van der Waals surface area contributed by atoms with Gasteiger partial charge in [0.25, 0.3) is 0 Å². The number of aldehydes is 1. The van der Waals surface area contributed by atoms with Gasteiger partial charge in [0.2, 0.25) is 11.6 Å². The fraction of sp³-hybridized carbons (Fsp3) is 0.778. The maximum atomic E-state index is 10.9. The van der Waals surface area contributed by atoms with Crippen molar-refractivity contribution in [2.45, 2.75) is 37.9 Å². The lowest BCUT2D eigenvalue weighted by molar-refractivity contribution is -0.181. The van der Waals surface area contributed by atoms with E-state index in [1.54, 1.807) is 0 Å². The second-order valence-corrected chi connectivity index (χ2v) is 3.47. The summed E-state index contributed by atoms with van der Waals surface area (Å²) in [4.78, 5) is 21.7. The van der Waals surface area contributed by atoms with Crippen molar-refractivity contribution in [1.29, 1.82) is 0 Å². The number of amides is 1. The maximum Gasteiger partial charge on any atom is 0.226 e. The summed E-state index contributed by atoms with van der Waals surface area (Å²) in [5, 5.41) is 30.2. The van der Waals surface area contributed by atoms with Gasteiger partial charge in [-0.15, -0.1) is 0 Å². The van der Waals surface area contributed by atoms with E-state index in [1.165, 1.54) is 6.92 Å². The molecule has 0 fully saturated rings. The molecule has 16 heavy (non-hydrogen) atoms. The van der Waals surface area contributed by atoms with Gasteiger partial charge in [-0.2, -0.15) is 0 Å². The highest BCUT2D eigenvalue weighted by atomic mass is 16.5. The molecular formula is C9H17NO6. The second-order valence-electron chi connectivity index (χ2n) is 3.47. The van der Waals surface area contributed by atoms with Crippen molar-refractivity contribution in [3.8, 4) is 0 Å². The number of hydrogen-bond donors (Lipinski definition) is 4. The number of methoxy groups -OCH3 is 1. The zero-order valence-corrected chi connectivity index (χ0v) is 9.38. The van der Waals surface area contributed by atoms with E-state index in [9.17, 15) is 19.8 Å². The first kappa shape index (κ1) is 15.0. The molecule has 1 amide bonds. The Balaban J connectivity index is 5.02. The number of rotatable bonds is 6. The molecule has 0 saturated heterocycles. The largest absolute Gasteiger partial charge is 0.391 e. The van der Waals surface area contributed by atoms with Crippen LogP contribution in [0.1, 0.15) is 13.8 Å². The molecule has 0 radical (unpaired) electrons. The minimum atomic E-state index is -2.07. The van der Waals surface area contributed by atoms with Gasteiger partial charge in [-0.1, -0.05) is 0 Å². The number of nitrogens with one attached hydrogen (secondary N) is 1. The summed E-state index contributed by atoms with van der Waals surface area (Å²) in [5.74, 6) is -0.620. The van der Waals surface area contributed by atoms with E-state index in [0.717, 1.165) is 14.0 Å². The standard InChI is InChI=1S/C9H17NO6/c1-5(12)7(14)8(15)9(4-11,16-3)10-6(2)13/h4-5,7-8,12,14-15H,1-3H3,(H,10,13)/t5-,7-,8+,9+/m1/s1. The Morgan fingerprint density at radius 1 is 1.44 bits per heavy atom. The molecule has 0 aromatic rings. The molecule has 0 aliphatic carbocycles. The zero-order valence-electron chi connectivity index (χ0n) is 9.38. The molecule has 0 bridgehead atoms. The third-order valence-electron chi connectivity index (χ3n) is 2.14. The van der Waals surface area contributed by atoms with Crippen LogP contribution in [-0.4, -0.2) is 58.7 Å². The van der Waals surface area contributed by atoms with Crippen molar-refractivity contribution in [3.63, 3.8) is 0 Å². The van der Waals surface area contributed by atoms with Crippen LogP contribution >= 0.6 is 0 Å². The van der Waals surface area contributed by atoms with Gasteiger partial charge in [0.15, 0.2) is 6.29 Å². The van der Waals surface area contributed by atoms with Gasteiger partial charge in [0.1, 0.15) is 12.2 Å². The van der Waals surface area contributed by atoms with Crippen LogP contribution in [0.25, 0.3) is 0 Å².